The van der Waals surface area contributed by atoms with E-state index in [9.17, 15) is 0 Å². The fourth-order valence-corrected chi connectivity index (χ4v) is 3.59. The normalized spacial score (nSPS) is 20.5. The van der Waals surface area contributed by atoms with Gasteiger partial charge < -0.3 is 11.1 Å². The lowest BCUT2D eigenvalue weighted by Crippen LogP contribution is -2.17. The van der Waals surface area contributed by atoms with Crippen molar-refractivity contribution in [3.05, 3.63) is 28.2 Å². The molecule has 18 heavy (non-hydrogen) atoms. The molecule has 0 spiro atoms. The van der Waals surface area contributed by atoms with E-state index in [1.54, 1.807) is 0 Å². The van der Waals surface area contributed by atoms with Gasteiger partial charge in [-0.05, 0) is 71.1 Å². The van der Waals surface area contributed by atoms with Gasteiger partial charge in [-0.1, -0.05) is 12.2 Å². The summed E-state index contributed by atoms with van der Waals surface area (Å²) >= 11 is 8.51. The molecule has 0 unspecified atom stereocenters. The van der Waals surface area contributed by atoms with Crippen LogP contribution in [-0.4, -0.2) is 11.5 Å². The molecule has 0 aromatic heterocycles. The third-order valence-corrected chi connectivity index (χ3v) is 5.09. The summed E-state index contributed by atoms with van der Waals surface area (Å²) in [4.78, 5) is 0.435. The predicted molar refractivity (Wildman–Crippen MR) is 82.9 cm³/mol. The predicted octanol–water partition coefficient (Wildman–Crippen LogP) is 3.69. The Morgan fingerprint density at radius 1 is 1.44 bits per heavy atom. The van der Waals surface area contributed by atoms with E-state index in [0.717, 1.165) is 28.2 Å². The van der Waals surface area contributed by atoms with Crippen molar-refractivity contribution in [2.75, 3.05) is 11.9 Å². The maximum Gasteiger partial charge on any atom is 0.105 e. The van der Waals surface area contributed by atoms with Gasteiger partial charge in [0.05, 0.1) is 0 Å². The highest BCUT2D eigenvalue weighted by Gasteiger charge is 2.53. The SMILES string of the molecule is NC(=S)c1ccc(NCC2(C3CC3)CC2)cc1Br. The van der Waals surface area contributed by atoms with Crippen molar-refractivity contribution in [2.45, 2.75) is 25.7 Å². The van der Waals surface area contributed by atoms with Gasteiger partial charge in [-0.15, -0.1) is 0 Å². The molecule has 3 N–H and O–H groups in total. The second kappa shape index (κ2) is 4.49. The number of anilines is 1. The number of nitrogens with one attached hydrogen (secondary N) is 1. The molecule has 0 radical (unpaired) electrons. The first-order valence-corrected chi connectivity index (χ1v) is 7.64. The van der Waals surface area contributed by atoms with Crippen LogP contribution in [0.1, 0.15) is 31.2 Å². The Morgan fingerprint density at radius 3 is 2.67 bits per heavy atom. The van der Waals surface area contributed by atoms with Gasteiger partial charge in [-0.3, -0.25) is 0 Å². The Morgan fingerprint density at radius 2 is 2.17 bits per heavy atom. The minimum Gasteiger partial charge on any atom is -0.389 e. The Labute approximate surface area is 121 Å². The van der Waals surface area contributed by atoms with E-state index in [2.05, 4.69) is 33.4 Å². The summed E-state index contributed by atoms with van der Waals surface area (Å²) in [7, 11) is 0. The number of halogens is 1. The van der Waals surface area contributed by atoms with Gasteiger partial charge in [-0.25, -0.2) is 0 Å². The Balaban J connectivity index is 1.66. The largest absolute Gasteiger partial charge is 0.389 e. The third-order valence-electron chi connectivity index (χ3n) is 4.21. The van der Waals surface area contributed by atoms with E-state index in [1.807, 2.05) is 6.07 Å². The summed E-state index contributed by atoms with van der Waals surface area (Å²) in [5.41, 5.74) is 8.32. The van der Waals surface area contributed by atoms with Crippen LogP contribution in [0, 0.1) is 11.3 Å². The van der Waals surface area contributed by atoms with Crippen LogP contribution < -0.4 is 11.1 Å². The minimum atomic E-state index is 0.435. The molecule has 96 valence electrons. The fraction of sp³-hybridized carbons (Fsp3) is 0.500. The first-order valence-electron chi connectivity index (χ1n) is 6.44. The van der Waals surface area contributed by atoms with Gasteiger partial charge in [0.1, 0.15) is 4.99 Å². The average molecular weight is 325 g/mol. The molecule has 0 amide bonds. The summed E-state index contributed by atoms with van der Waals surface area (Å²) in [6, 6.07) is 6.10. The van der Waals surface area contributed by atoms with E-state index in [-0.39, 0.29) is 0 Å². The third kappa shape index (κ3) is 2.41. The number of hydrogen-bond donors (Lipinski definition) is 2. The molecular formula is C14H17BrN2S. The van der Waals surface area contributed by atoms with Crippen LogP contribution >= 0.6 is 28.1 Å². The molecule has 2 aliphatic rings. The monoisotopic (exact) mass is 324 g/mol. The lowest BCUT2D eigenvalue weighted by atomic mass is 10.0. The van der Waals surface area contributed by atoms with E-state index in [0.29, 0.717) is 10.4 Å². The Kier molecular flexibility index (Phi) is 3.10. The van der Waals surface area contributed by atoms with Gasteiger partial charge >= 0.3 is 0 Å². The minimum absolute atomic E-state index is 0.435. The van der Waals surface area contributed by atoms with Gasteiger partial charge in [0, 0.05) is 22.3 Å². The fourth-order valence-electron chi connectivity index (χ4n) is 2.69. The summed E-state index contributed by atoms with van der Waals surface area (Å²) in [6.45, 7) is 1.11. The standard InChI is InChI=1S/C14H17BrN2S/c15-12-7-10(3-4-11(12)13(16)18)17-8-14(5-6-14)9-1-2-9/h3-4,7,9,17H,1-2,5-6,8H2,(H2,16,18). The zero-order valence-electron chi connectivity index (χ0n) is 10.2. The second-order valence-electron chi connectivity index (χ2n) is 5.55. The molecule has 0 aliphatic heterocycles. The van der Waals surface area contributed by atoms with Crippen molar-refractivity contribution < 1.29 is 0 Å². The van der Waals surface area contributed by atoms with E-state index >= 15 is 0 Å². The van der Waals surface area contributed by atoms with Crippen molar-refractivity contribution in [3.8, 4) is 0 Å². The van der Waals surface area contributed by atoms with Crippen LogP contribution in [-0.2, 0) is 0 Å². The molecule has 0 atom stereocenters. The average Bonchev–Trinajstić information content (AvgIpc) is 3.17. The van der Waals surface area contributed by atoms with E-state index in [4.69, 9.17) is 18.0 Å². The van der Waals surface area contributed by atoms with Crippen molar-refractivity contribution in [1.82, 2.24) is 0 Å². The summed E-state index contributed by atoms with van der Waals surface area (Å²) in [5, 5.41) is 3.56. The first-order chi connectivity index (χ1) is 8.61. The maximum absolute atomic E-state index is 5.65. The van der Waals surface area contributed by atoms with Gasteiger partial charge in [0.2, 0.25) is 0 Å². The van der Waals surface area contributed by atoms with Crippen molar-refractivity contribution in [2.24, 2.45) is 17.1 Å². The quantitative estimate of drug-likeness (QED) is 0.811. The number of rotatable bonds is 5. The highest BCUT2D eigenvalue weighted by atomic mass is 79.9. The number of hydrogen-bond acceptors (Lipinski definition) is 2. The molecule has 2 saturated carbocycles. The summed E-state index contributed by atoms with van der Waals surface area (Å²) < 4.78 is 0.969. The van der Waals surface area contributed by atoms with Crippen LogP contribution in [0.5, 0.6) is 0 Å². The number of benzene rings is 1. The molecule has 0 bridgehead atoms. The number of thiocarbonyl (C=S) groups is 1. The van der Waals surface area contributed by atoms with Crippen LogP contribution in [0.15, 0.2) is 22.7 Å². The van der Waals surface area contributed by atoms with Crippen molar-refractivity contribution >= 4 is 38.8 Å². The van der Waals surface area contributed by atoms with Crippen LogP contribution in [0.25, 0.3) is 0 Å². The molecule has 4 heteroatoms. The van der Waals surface area contributed by atoms with Gasteiger partial charge in [0.15, 0.2) is 0 Å². The second-order valence-corrected chi connectivity index (χ2v) is 6.84. The van der Waals surface area contributed by atoms with Crippen molar-refractivity contribution in [1.29, 1.82) is 0 Å². The highest BCUT2D eigenvalue weighted by molar-refractivity contribution is 9.10. The molecule has 2 nitrogen and oxygen atoms in total. The first kappa shape index (κ1) is 12.4. The lowest BCUT2D eigenvalue weighted by Gasteiger charge is -2.16. The Bertz CT molecular complexity index is 493. The highest BCUT2D eigenvalue weighted by Crippen LogP contribution is 2.61. The van der Waals surface area contributed by atoms with Crippen LogP contribution in [0.4, 0.5) is 5.69 Å². The van der Waals surface area contributed by atoms with E-state index in [1.165, 1.54) is 25.7 Å². The molecule has 0 heterocycles. The van der Waals surface area contributed by atoms with Gasteiger partial charge in [-0.2, -0.15) is 0 Å². The molecular weight excluding hydrogens is 308 g/mol. The van der Waals surface area contributed by atoms with Crippen molar-refractivity contribution in [3.63, 3.8) is 0 Å². The number of nitrogens with two attached hydrogens (primary N) is 1. The summed E-state index contributed by atoms with van der Waals surface area (Å²) in [5.74, 6) is 0.990. The Hall–Kier alpha value is -0.610. The van der Waals surface area contributed by atoms with Crippen LogP contribution in [0.3, 0.4) is 0 Å². The van der Waals surface area contributed by atoms with E-state index < -0.39 is 0 Å². The topological polar surface area (TPSA) is 38.0 Å². The molecule has 2 aliphatic carbocycles. The summed E-state index contributed by atoms with van der Waals surface area (Å²) in [6.07, 6.45) is 5.67. The van der Waals surface area contributed by atoms with Crippen LogP contribution in [0.2, 0.25) is 0 Å². The smallest absolute Gasteiger partial charge is 0.105 e. The zero-order chi connectivity index (χ0) is 12.8. The molecule has 2 fully saturated rings. The van der Waals surface area contributed by atoms with Gasteiger partial charge in [0.25, 0.3) is 0 Å². The lowest BCUT2D eigenvalue weighted by molar-refractivity contribution is 0.467. The molecule has 1 aromatic carbocycles. The molecule has 1 aromatic rings. The molecule has 3 rings (SSSR count). The maximum atomic E-state index is 5.65. The zero-order valence-corrected chi connectivity index (χ0v) is 12.6. The molecule has 0 saturated heterocycles.